The molecule has 0 heterocycles. The van der Waals surface area contributed by atoms with E-state index in [-0.39, 0.29) is 0 Å². The zero-order chi connectivity index (χ0) is 17.9. The molecule has 0 radical (unpaired) electrons. The molecule has 5 heteroatoms. The summed E-state index contributed by atoms with van der Waals surface area (Å²) in [7, 11) is 7.54. The molecule has 1 rings (SSSR count). The van der Waals surface area contributed by atoms with E-state index in [4.69, 9.17) is 9.47 Å². The molecule has 0 spiro atoms. The number of benzene rings is 1. The van der Waals surface area contributed by atoms with Crippen molar-refractivity contribution in [3.63, 3.8) is 0 Å². The Balaban J connectivity index is 2.66. The minimum Gasteiger partial charge on any atom is -0.493 e. The summed E-state index contributed by atoms with van der Waals surface area (Å²) in [6.45, 7) is 6.41. The van der Waals surface area contributed by atoms with Gasteiger partial charge in [-0.3, -0.25) is 0 Å². The molecule has 0 aliphatic carbocycles. The van der Waals surface area contributed by atoms with E-state index in [2.05, 4.69) is 30.8 Å². The first kappa shape index (κ1) is 20.5. The Morgan fingerprint density at radius 1 is 0.958 bits per heavy atom. The molecule has 24 heavy (non-hydrogen) atoms. The molecule has 1 aromatic rings. The minimum atomic E-state index is 0.403. The van der Waals surface area contributed by atoms with Gasteiger partial charge in [0.25, 0.3) is 0 Å². The summed E-state index contributed by atoms with van der Waals surface area (Å²) in [5.41, 5.74) is 2.17. The predicted octanol–water partition coefficient (Wildman–Crippen LogP) is 2.26. The molecule has 0 aliphatic rings. The van der Waals surface area contributed by atoms with Crippen LogP contribution in [-0.4, -0.2) is 70.6 Å². The summed E-state index contributed by atoms with van der Waals surface area (Å²) >= 11 is 0. The van der Waals surface area contributed by atoms with Crippen LogP contribution in [0.3, 0.4) is 0 Å². The number of methoxy groups -OCH3 is 2. The van der Waals surface area contributed by atoms with Gasteiger partial charge >= 0.3 is 0 Å². The van der Waals surface area contributed by atoms with Gasteiger partial charge in [0.05, 0.1) is 14.2 Å². The highest BCUT2D eigenvalue weighted by molar-refractivity contribution is 5.59. The smallest absolute Gasteiger partial charge is 0.161 e. The Morgan fingerprint density at radius 3 is 2.08 bits per heavy atom. The Morgan fingerprint density at radius 2 is 1.54 bits per heavy atom. The van der Waals surface area contributed by atoms with E-state index < -0.39 is 0 Å². The zero-order valence-electron chi connectivity index (χ0n) is 15.8. The second-order valence-electron chi connectivity index (χ2n) is 6.15. The molecule has 0 bridgehead atoms. The lowest BCUT2D eigenvalue weighted by molar-refractivity contribution is -0.107. The van der Waals surface area contributed by atoms with Gasteiger partial charge in [0.1, 0.15) is 6.29 Å². The average Bonchev–Trinajstić information content (AvgIpc) is 2.60. The maximum Gasteiger partial charge on any atom is 0.161 e. The van der Waals surface area contributed by atoms with Crippen LogP contribution in [0.2, 0.25) is 0 Å². The van der Waals surface area contributed by atoms with Crippen molar-refractivity contribution in [1.29, 1.82) is 0 Å². The number of ether oxygens (including phenoxy) is 2. The van der Waals surface area contributed by atoms with E-state index in [9.17, 15) is 4.79 Å². The molecule has 0 atom stereocenters. The number of likely N-dealkylation sites (N-methyl/N-ethyl adjacent to an activating group) is 1. The summed E-state index contributed by atoms with van der Waals surface area (Å²) in [4.78, 5) is 15.6. The molecule has 0 aromatic heterocycles. The molecular weight excluding hydrogens is 304 g/mol. The number of hydrogen-bond acceptors (Lipinski definition) is 5. The lowest BCUT2D eigenvalue weighted by Gasteiger charge is -2.20. The van der Waals surface area contributed by atoms with Crippen LogP contribution >= 0.6 is 0 Å². The fourth-order valence-electron chi connectivity index (χ4n) is 2.67. The molecule has 0 unspecified atom stereocenters. The van der Waals surface area contributed by atoms with Gasteiger partial charge in [-0.2, -0.15) is 0 Å². The first-order valence-corrected chi connectivity index (χ1v) is 8.60. The van der Waals surface area contributed by atoms with Crippen LogP contribution in [0.1, 0.15) is 24.5 Å². The second kappa shape index (κ2) is 11.0. The van der Waals surface area contributed by atoms with Gasteiger partial charge in [-0.1, -0.05) is 6.92 Å². The summed E-state index contributed by atoms with van der Waals surface area (Å²) in [5.74, 6) is 1.39. The second-order valence-corrected chi connectivity index (χ2v) is 6.15. The number of rotatable bonds is 12. The van der Waals surface area contributed by atoms with Crippen molar-refractivity contribution in [2.75, 3.05) is 54.5 Å². The highest BCUT2D eigenvalue weighted by atomic mass is 16.5. The Kier molecular flexibility index (Phi) is 9.42. The highest BCUT2D eigenvalue weighted by Crippen LogP contribution is 2.31. The molecular formula is C19H32N2O3. The quantitative estimate of drug-likeness (QED) is 0.548. The fraction of sp³-hybridized carbons (Fsp3) is 0.632. The zero-order valence-corrected chi connectivity index (χ0v) is 15.8. The van der Waals surface area contributed by atoms with Crippen LogP contribution in [0.15, 0.2) is 12.1 Å². The van der Waals surface area contributed by atoms with Gasteiger partial charge in [-0.25, -0.2) is 0 Å². The van der Waals surface area contributed by atoms with Gasteiger partial charge in [-0.15, -0.1) is 0 Å². The van der Waals surface area contributed by atoms with Crippen LogP contribution in [0.5, 0.6) is 11.5 Å². The van der Waals surface area contributed by atoms with Crippen LogP contribution < -0.4 is 9.47 Å². The fourth-order valence-corrected chi connectivity index (χ4v) is 2.67. The topological polar surface area (TPSA) is 42.0 Å². The maximum atomic E-state index is 11.0. The molecule has 0 N–H and O–H groups in total. The summed E-state index contributed by atoms with van der Waals surface area (Å²) in [6.07, 6.45) is 3.40. The van der Waals surface area contributed by atoms with Crippen LogP contribution in [0, 0.1) is 0 Å². The van der Waals surface area contributed by atoms with Gasteiger partial charge in [0.15, 0.2) is 11.5 Å². The van der Waals surface area contributed by atoms with Crippen molar-refractivity contribution < 1.29 is 14.3 Å². The molecule has 0 saturated carbocycles. The Labute approximate surface area is 146 Å². The molecule has 1 aromatic carbocycles. The van der Waals surface area contributed by atoms with E-state index in [0.29, 0.717) is 12.2 Å². The molecule has 136 valence electrons. The Hall–Kier alpha value is -1.59. The van der Waals surface area contributed by atoms with Gasteiger partial charge in [0.2, 0.25) is 0 Å². The minimum absolute atomic E-state index is 0.403. The van der Waals surface area contributed by atoms with Crippen molar-refractivity contribution in [3.05, 3.63) is 23.3 Å². The molecule has 0 amide bonds. The number of nitrogens with zero attached hydrogens (tertiary/aromatic N) is 2. The van der Waals surface area contributed by atoms with E-state index in [0.717, 1.165) is 62.2 Å². The number of carbonyl (C=O) groups excluding carboxylic acids is 1. The van der Waals surface area contributed by atoms with Gasteiger partial charge < -0.3 is 24.1 Å². The largest absolute Gasteiger partial charge is 0.493 e. The van der Waals surface area contributed by atoms with E-state index in [1.807, 2.05) is 12.1 Å². The van der Waals surface area contributed by atoms with Crippen LogP contribution in [0.25, 0.3) is 0 Å². The highest BCUT2D eigenvalue weighted by Gasteiger charge is 2.12. The lowest BCUT2D eigenvalue weighted by atomic mass is 10.0. The van der Waals surface area contributed by atoms with Crippen LogP contribution in [0.4, 0.5) is 0 Å². The predicted molar refractivity (Wildman–Crippen MR) is 98.3 cm³/mol. The van der Waals surface area contributed by atoms with Crippen LogP contribution in [-0.2, 0) is 17.6 Å². The number of aldehydes is 1. The average molecular weight is 336 g/mol. The monoisotopic (exact) mass is 336 g/mol. The standard InChI is InChI=1S/C19H32N2O3/c1-6-20(2)10-7-11-21(3)12-8-16-14-18(23-4)19(24-5)15-17(16)9-13-22/h13-15H,6-12H2,1-5H3. The van der Waals surface area contributed by atoms with Crippen molar-refractivity contribution >= 4 is 6.29 Å². The van der Waals surface area contributed by atoms with E-state index in [1.54, 1.807) is 14.2 Å². The third kappa shape index (κ3) is 6.49. The van der Waals surface area contributed by atoms with Crippen molar-refractivity contribution in [1.82, 2.24) is 9.80 Å². The normalized spacial score (nSPS) is 11.1. The van der Waals surface area contributed by atoms with Crippen molar-refractivity contribution in [2.45, 2.75) is 26.2 Å². The SMILES string of the molecule is CCN(C)CCCN(C)CCc1cc(OC)c(OC)cc1CC=O. The lowest BCUT2D eigenvalue weighted by Crippen LogP contribution is -2.27. The third-order valence-electron chi connectivity index (χ3n) is 4.39. The summed E-state index contributed by atoms with van der Waals surface area (Å²) < 4.78 is 10.7. The van der Waals surface area contributed by atoms with Crippen molar-refractivity contribution in [3.8, 4) is 11.5 Å². The first-order chi connectivity index (χ1) is 11.5. The molecule has 0 aliphatic heterocycles. The Bertz CT molecular complexity index is 506. The molecule has 5 nitrogen and oxygen atoms in total. The third-order valence-corrected chi connectivity index (χ3v) is 4.39. The first-order valence-electron chi connectivity index (χ1n) is 8.60. The summed E-state index contributed by atoms with van der Waals surface area (Å²) in [6, 6.07) is 3.91. The number of carbonyl (C=O) groups is 1. The van der Waals surface area contributed by atoms with E-state index >= 15 is 0 Å². The summed E-state index contributed by atoms with van der Waals surface area (Å²) in [5, 5.41) is 0. The van der Waals surface area contributed by atoms with E-state index in [1.165, 1.54) is 0 Å². The van der Waals surface area contributed by atoms with Crippen molar-refractivity contribution in [2.24, 2.45) is 0 Å². The molecule has 0 fully saturated rings. The van der Waals surface area contributed by atoms with Gasteiger partial charge in [-0.05, 0) is 69.8 Å². The van der Waals surface area contributed by atoms with Gasteiger partial charge in [0, 0.05) is 13.0 Å². The number of hydrogen-bond donors (Lipinski definition) is 0. The maximum absolute atomic E-state index is 11.0. The molecule has 0 saturated heterocycles.